The molecule has 0 spiro atoms. The fourth-order valence-electron chi connectivity index (χ4n) is 4.34. The van der Waals surface area contributed by atoms with Gasteiger partial charge in [-0.2, -0.15) is 5.10 Å². The molecule has 0 amide bonds. The van der Waals surface area contributed by atoms with Crippen molar-refractivity contribution in [2.45, 2.75) is 32.5 Å². The van der Waals surface area contributed by atoms with Crippen LogP contribution in [0.25, 0.3) is 27.2 Å². The van der Waals surface area contributed by atoms with Crippen molar-refractivity contribution in [2.75, 3.05) is 5.32 Å². The Morgan fingerprint density at radius 1 is 1.19 bits per heavy atom. The predicted molar refractivity (Wildman–Crippen MR) is 120 cm³/mol. The molecule has 2 aromatic carbocycles. The van der Waals surface area contributed by atoms with Gasteiger partial charge >= 0.3 is 0 Å². The Morgan fingerprint density at radius 2 is 2.06 bits per heavy atom. The van der Waals surface area contributed by atoms with Crippen LogP contribution >= 0.6 is 0 Å². The van der Waals surface area contributed by atoms with Crippen LogP contribution in [0.5, 0.6) is 0 Å². The topological polar surface area (TPSA) is 64.9 Å². The second-order valence-electron chi connectivity index (χ2n) is 7.91. The predicted octanol–water partition coefficient (Wildman–Crippen LogP) is 4.63. The van der Waals surface area contributed by atoms with Crippen molar-refractivity contribution >= 4 is 5.69 Å². The van der Waals surface area contributed by atoms with E-state index in [0.29, 0.717) is 6.54 Å². The molecule has 1 atom stereocenters. The average Bonchev–Trinajstić information content (AvgIpc) is 3.33. The maximum Gasteiger partial charge on any atom is 0.241 e. The maximum absolute atomic E-state index is 7.30. The highest BCUT2D eigenvalue weighted by molar-refractivity contribution is 5.74. The summed E-state index contributed by atoms with van der Waals surface area (Å²) in [5.41, 5.74) is 8.61. The first kappa shape index (κ1) is 19.1. The molecule has 1 aliphatic rings. The van der Waals surface area contributed by atoms with E-state index in [1.807, 2.05) is 53.9 Å². The molecule has 7 nitrogen and oxygen atoms in total. The number of benzene rings is 2. The summed E-state index contributed by atoms with van der Waals surface area (Å²) in [4.78, 5) is 3.59. The number of para-hydroxylation sites is 1. The van der Waals surface area contributed by atoms with Crippen LogP contribution in [0.15, 0.2) is 54.9 Å². The van der Waals surface area contributed by atoms with Crippen molar-refractivity contribution in [1.29, 1.82) is 0 Å². The molecule has 1 unspecified atom stereocenters. The van der Waals surface area contributed by atoms with E-state index >= 15 is 0 Å². The molecule has 154 valence electrons. The third kappa shape index (κ3) is 3.46. The zero-order chi connectivity index (χ0) is 21.4. The van der Waals surface area contributed by atoms with Gasteiger partial charge < -0.3 is 10.2 Å². The third-order valence-electron chi connectivity index (χ3n) is 5.85. The quantitative estimate of drug-likeness (QED) is 0.499. The monoisotopic (exact) mass is 409 g/mol. The number of fused-ring (bicyclic) bond motifs is 3. The molecule has 31 heavy (non-hydrogen) atoms. The first-order valence-corrected chi connectivity index (χ1v) is 10.3. The van der Waals surface area contributed by atoms with Crippen molar-refractivity contribution in [3.63, 3.8) is 0 Å². The van der Waals surface area contributed by atoms with Crippen LogP contribution in [0.1, 0.15) is 29.3 Å². The summed E-state index contributed by atoms with van der Waals surface area (Å²) in [5, 5.41) is 16.8. The summed E-state index contributed by atoms with van der Waals surface area (Å²) in [6.07, 6.45) is 4.79. The van der Waals surface area contributed by atoms with Gasteiger partial charge in [-0.25, -0.2) is 11.3 Å². The van der Waals surface area contributed by atoms with Crippen molar-refractivity contribution in [3.8, 4) is 22.4 Å². The van der Waals surface area contributed by atoms with Gasteiger partial charge in [0.05, 0.1) is 29.2 Å². The van der Waals surface area contributed by atoms with E-state index in [9.17, 15) is 0 Å². The van der Waals surface area contributed by atoms with Gasteiger partial charge in [0.25, 0.3) is 0 Å². The normalized spacial score (nSPS) is 14.9. The van der Waals surface area contributed by atoms with Crippen LogP contribution in [-0.2, 0) is 20.1 Å². The second-order valence-corrected chi connectivity index (χ2v) is 7.91. The van der Waals surface area contributed by atoms with E-state index < -0.39 is 0 Å². The molecule has 7 heteroatoms. The Hall–Kier alpha value is -3.92. The van der Waals surface area contributed by atoms with Crippen molar-refractivity contribution < 1.29 is 0 Å². The number of anilines is 1. The fraction of sp³-hybridized carbons (Fsp3) is 0.250. The van der Waals surface area contributed by atoms with Crippen LogP contribution in [0, 0.1) is 13.5 Å². The molecular formula is C24H23N7. The summed E-state index contributed by atoms with van der Waals surface area (Å²) < 4.78 is 3.82. The van der Waals surface area contributed by atoms with Crippen molar-refractivity contribution in [2.24, 2.45) is 7.05 Å². The number of aromatic nitrogens is 5. The Labute approximate surface area is 181 Å². The molecule has 0 fully saturated rings. The smallest absolute Gasteiger partial charge is 0.241 e. The van der Waals surface area contributed by atoms with E-state index in [-0.39, 0.29) is 6.04 Å². The average molecular weight is 409 g/mol. The molecule has 3 heterocycles. The van der Waals surface area contributed by atoms with E-state index in [0.717, 1.165) is 52.3 Å². The summed E-state index contributed by atoms with van der Waals surface area (Å²) in [7, 11) is 1.93. The minimum Gasteiger partial charge on any atom is -0.378 e. The number of nitrogens with one attached hydrogen (secondary N) is 1. The van der Waals surface area contributed by atoms with Crippen molar-refractivity contribution in [1.82, 2.24) is 24.8 Å². The van der Waals surface area contributed by atoms with E-state index in [1.165, 1.54) is 5.56 Å². The van der Waals surface area contributed by atoms with Gasteiger partial charge in [-0.1, -0.05) is 29.5 Å². The first-order valence-electron chi connectivity index (χ1n) is 10.3. The van der Waals surface area contributed by atoms with Crippen LogP contribution < -0.4 is 5.32 Å². The minimum absolute atomic E-state index is 0.0830. The summed E-state index contributed by atoms with van der Waals surface area (Å²) in [5.74, 6) is 0. The largest absolute Gasteiger partial charge is 0.378 e. The zero-order valence-corrected chi connectivity index (χ0v) is 17.6. The number of rotatable bonds is 4. The summed E-state index contributed by atoms with van der Waals surface area (Å²) in [6.45, 7) is 10.4. The van der Waals surface area contributed by atoms with Gasteiger partial charge in [0.15, 0.2) is 0 Å². The SMILES string of the molecule is [C-]#[N+]Cc1ccccc1NC1CCn2nnc(C)c2-c2ccc(-c3cnn(C)c3)cc21. The Morgan fingerprint density at radius 3 is 2.87 bits per heavy atom. The van der Waals surface area contributed by atoms with E-state index in [4.69, 9.17) is 6.57 Å². The molecule has 0 saturated carbocycles. The molecule has 0 aliphatic carbocycles. The molecule has 5 rings (SSSR count). The first-order chi connectivity index (χ1) is 15.1. The number of aryl methyl sites for hydroxylation is 3. The lowest BCUT2D eigenvalue weighted by atomic mass is 9.92. The molecule has 1 N–H and O–H groups in total. The van der Waals surface area contributed by atoms with Gasteiger partial charge in [-0.3, -0.25) is 4.68 Å². The highest BCUT2D eigenvalue weighted by atomic mass is 15.4. The van der Waals surface area contributed by atoms with Gasteiger partial charge in [-0.15, -0.1) is 5.10 Å². The van der Waals surface area contributed by atoms with Crippen LogP contribution in [-0.4, -0.2) is 24.8 Å². The molecule has 0 radical (unpaired) electrons. The molecule has 0 saturated heterocycles. The molecule has 0 bridgehead atoms. The summed E-state index contributed by atoms with van der Waals surface area (Å²) >= 11 is 0. The molecule has 1 aliphatic heterocycles. The Kier molecular flexibility index (Phi) is 4.75. The fourth-order valence-corrected chi connectivity index (χ4v) is 4.34. The number of hydrogen-bond acceptors (Lipinski definition) is 4. The standard InChI is InChI=1S/C24H23N7/c1-16-24-20-9-8-17(19-14-26-30(3)15-19)12-21(20)23(10-11-31(24)29-28-16)27-22-7-5-4-6-18(22)13-25-2/h4-9,12,14-15,23,27H,10-11,13H2,1,3H3. The van der Waals surface area contributed by atoms with E-state index in [1.54, 1.807) is 0 Å². The molecule has 4 aromatic rings. The van der Waals surface area contributed by atoms with Gasteiger partial charge in [0, 0.05) is 36.6 Å². The third-order valence-corrected chi connectivity index (χ3v) is 5.85. The Bertz CT molecular complexity index is 1290. The second kappa shape index (κ2) is 7.73. The van der Waals surface area contributed by atoms with Crippen LogP contribution in [0.2, 0.25) is 0 Å². The molecule has 2 aromatic heterocycles. The van der Waals surface area contributed by atoms with Crippen LogP contribution in [0.3, 0.4) is 0 Å². The van der Waals surface area contributed by atoms with Gasteiger partial charge in [0.2, 0.25) is 6.54 Å². The molecular weight excluding hydrogens is 386 g/mol. The maximum atomic E-state index is 7.30. The van der Waals surface area contributed by atoms with Gasteiger partial charge in [0.1, 0.15) is 0 Å². The lowest BCUT2D eigenvalue weighted by Gasteiger charge is -2.22. The van der Waals surface area contributed by atoms with Gasteiger partial charge in [-0.05, 0) is 42.7 Å². The van der Waals surface area contributed by atoms with Crippen molar-refractivity contribution in [3.05, 3.63) is 83.1 Å². The minimum atomic E-state index is 0.0830. The highest BCUT2D eigenvalue weighted by Crippen LogP contribution is 2.39. The van der Waals surface area contributed by atoms with Crippen LogP contribution in [0.4, 0.5) is 5.69 Å². The Balaban J connectivity index is 1.63. The number of hydrogen-bond donors (Lipinski definition) is 1. The van der Waals surface area contributed by atoms with E-state index in [2.05, 4.69) is 49.8 Å². The lowest BCUT2D eigenvalue weighted by molar-refractivity contribution is 0.539. The summed E-state index contributed by atoms with van der Waals surface area (Å²) in [6, 6.07) is 14.7. The number of nitrogens with zero attached hydrogens (tertiary/aromatic N) is 6. The zero-order valence-electron chi connectivity index (χ0n) is 17.6. The lowest BCUT2D eigenvalue weighted by Crippen LogP contribution is -2.14. The highest BCUT2D eigenvalue weighted by Gasteiger charge is 2.26.